The van der Waals surface area contributed by atoms with Crippen molar-refractivity contribution in [2.24, 2.45) is 5.92 Å². The van der Waals surface area contributed by atoms with Gasteiger partial charge >= 0.3 is 12.0 Å². The van der Waals surface area contributed by atoms with Gasteiger partial charge in [-0.2, -0.15) is 0 Å². The molecule has 0 aliphatic heterocycles. The van der Waals surface area contributed by atoms with E-state index in [0.29, 0.717) is 19.3 Å². The van der Waals surface area contributed by atoms with E-state index in [-0.39, 0.29) is 18.1 Å². The van der Waals surface area contributed by atoms with Crippen LogP contribution in [0.3, 0.4) is 0 Å². The lowest BCUT2D eigenvalue weighted by atomic mass is 9.93. The van der Waals surface area contributed by atoms with Crippen LogP contribution < -0.4 is 10.6 Å². The number of carbonyl (C=O) groups is 2. The third-order valence-corrected chi connectivity index (χ3v) is 4.20. The highest BCUT2D eigenvalue weighted by molar-refractivity contribution is 5.77. The highest BCUT2D eigenvalue weighted by Crippen LogP contribution is 2.26. The molecule has 4 atom stereocenters. The number of aliphatic hydroxyl groups is 1. The van der Waals surface area contributed by atoms with Crippen LogP contribution in [-0.4, -0.2) is 40.4 Å². The fourth-order valence-corrected chi connectivity index (χ4v) is 3.09. The zero-order valence-electron chi connectivity index (χ0n) is 11.0. The smallest absolute Gasteiger partial charge is 0.315 e. The first-order chi connectivity index (χ1) is 9.08. The fourth-order valence-electron chi connectivity index (χ4n) is 3.09. The first-order valence-corrected chi connectivity index (χ1v) is 7.06. The minimum absolute atomic E-state index is 0.210. The summed E-state index contributed by atoms with van der Waals surface area (Å²) >= 11 is 0. The highest BCUT2D eigenvalue weighted by Gasteiger charge is 2.34. The summed E-state index contributed by atoms with van der Waals surface area (Å²) in [5.41, 5.74) is 0. The molecule has 4 N–H and O–H groups in total. The van der Waals surface area contributed by atoms with E-state index in [4.69, 9.17) is 5.11 Å². The summed E-state index contributed by atoms with van der Waals surface area (Å²) < 4.78 is 0. The van der Waals surface area contributed by atoms with Gasteiger partial charge in [-0.25, -0.2) is 4.79 Å². The first kappa shape index (κ1) is 14.1. The van der Waals surface area contributed by atoms with Crippen molar-refractivity contribution in [2.75, 3.05) is 0 Å². The Labute approximate surface area is 112 Å². The van der Waals surface area contributed by atoms with E-state index in [2.05, 4.69) is 10.6 Å². The lowest BCUT2D eigenvalue weighted by Gasteiger charge is -2.29. The number of hydrogen-bond acceptors (Lipinski definition) is 3. The average Bonchev–Trinajstić information content (AvgIpc) is 2.80. The molecule has 108 valence electrons. The van der Waals surface area contributed by atoms with Crippen LogP contribution in [0.5, 0.6) is 0 Å². The van der Waals surface area contributed by atoms with Crippen molar-refractivity contribution in [3.63, 3.8) is 0 Å². The molecular weight excluding hydrogens is 248 g/mol. The summed E-state index contributed by atoms with van der Waals surface area (Å²) in [7, 11) is 0. The molecule has 0 aromatic rings. The number of carbonyl (C=O) groups excluding carboxylic acids is 1. The molecule has 2 aliphatic carbocycles. The van der Waals surface area contributed by atoms with E-state index >= 15 is 0 Å². The number of carboxylic acid groups (broad SMARTS) is 1. The Morgan fingerprint density at radius 3 is 2.21 bits per heavy atom. The van der Waals surface area contributed by atoms with Crippen molar-refractivity contribution in [1.29, 1.82) is 0 Å². The Bertz CT molecular complexity index is 348. The summed E-state index contributed by atoms with van der Waals surface area (Å²) in [6, 6.07) is -0.860. The number of carboxylic acids is 1. The van der Waals surface area contributed by atoms with Gasteiger partial charge in [0.15, 0.2) is 0 Å². The van der Waals surface area contributed by atoms with Gasteiger partial charge in [-0.3, -0.25) is 4.79 Å². The van der Waals surface area contributed by atoms with Crippen molar-refractivity contribution in [3.05, 3.63) is 0 Å². The second kappa shape index (κ2) is 6.23. The molecule has 0 aromatic carbocycles. The van der Waals surface area contributed by atoms with E-state index < -0.39 is 18.0 Å². The van der Waals surface area contributed by atoms with Gasteiger partial charge < -0.3 is 20.8 Å². The number of urea groups is 1. The molecule has 0 spiro atoms. The van der Waals surface area contributed by atoms with Crippen LogP contribution in [0, 0.1) is 5.92 Å². The van der Waals surface area contributed by atoms with Gasteiger partial charge in [0.05, 0.1) is 18.1 Å². The monoisotopic (exact) mass is 270 g/mol. The fraction of sp³-hybridized carbons (Fsp3) is 0.846. The number of aliphatic hydroxyl groups excluding tert-OH is 1. The van der Waals surface area contributed by atoms with Crippen molar-refractivity contribution in [1.82, 2.24) is 10.6 Å². The Hall–Kier alpha value is -1.30. The van der Waals surface area contributed by atoms with Crippen LogP contribution >= 0.6 is 0 Å². The van der Waals surface area contributed by atoms with Gasteiger partial charge in [0, 0.05) is 6.04 Å². The maximum Gasteiger partial charge on any atom is 0.315 e. The van der Waals surface area contributed by atoms with Gasteiger partial charge in [0.25, 0.3) is 0 Å². The molecule has 6 heteroatoms. The molecule has 2 aliphatic rings. The predicted octanol–water partition coefficient (Wildman–Crippen LogP) is 0.842. The predicted molar refractivity (Wildman–Crippen MR) is 68.7 cm³/mol. The van der Waals surface area contributed by atoms with Crippen LogP contribution in [0.2, 0.25) is 0 Å². The SMILES string of the molecule is O=C(NC1CCCCC1O)NC1CCCC1C(=O)O. The summed E-state index contributed by atoms with van der Waals surface area (Å²) in [5, 5.41) is 24.3. The molecule has 0 aromatic heterocycles. The third kappa shape index (κ3) is 3.59. The maximum atomic E-state index is 11.9. The average molecular weight is 270 g/mol. The van der Waals surface area contributed by atoms with Gasteiger partial charge in [0.1, 0.15) is 0 Å². The molecule has 0 saturated heterocycles. The van der Waals surface area contributed by atoms with E-state index in [1.165, 1.54) is 0 Å². The normalized spacial score (nSPS) is 34.8. The number of amides is 2. The van der Waals surface area contributed by atoms with Crippen molar-refractivity contribution < 1.29 is 19.8 Å². The summed E-state index contributed by atoms with van der Waals surface area (Å²) in [6.45, 7) is 0. The maximum absolute atomic E-state index is 11.9. The molecule has 2 saturated carbocycles. The zero-order valence-corrected chi connectivity index (χ0v) is 11.0. The highest BCUT2D eigenvalue weighted by atomic mass is 16.4. The second-order valence-corrected chi connectivity index (χ2v) is 5.56. The summed E-state index contributed by atoms with van der Waals surface area (Å²) in [5.74, 6) is -1.33. The Morgan fingerprint density at radius 1 is 0.895 bits per heavy atom. The molecule has 2 fully saturated rings. The molecule has 2 rings (SSSR count). The quantitative estimate of drug-likeness (QED) is 0.611. The standard InChI is InChI=1S/C13H22N2O4/c16-11-7-2-1-5-10(11)15-13(19)14-9-6-3-4-8(9)12(17)18/h8-11,16H,1-7H2,(H,17,18)(H2,14,15,19). The number of hydrogen-bond donors (Lipinski definition) is 4. The molecule has 0 heterocycles. The molecule has 6 nitrogen and oxygen atoms in total. The molecule has 4 unspecified atom stereocenters. The molecule has 2 amide bonds. The molecule has 0 bridgehead atoms. The van der Waals surface area contributed by atoms with Crippen molar-refractivity contribution >= 4 is 12.0 Å². The summed E-state index contributed by atoms with van der Waals surface area (Å²) in [4.78, 5) is 22.9. The molecule has 19 heavy (non-hydrogen) atoms. The van der Waals surface area contributed by atoms with Crippen LogP contribution in [0.4, 0.5) is 4.79 Å². The van der Waals surface area contributed by atoms with Gasteiger partial charge in [0.2, 0.25) is 0 Å². The Balaban J connectivity index is 1.82. The minimum Gasteiger partial charge on any atom is -0.481 e. The van der Waals surface area contributed by atoms with Gasteiger partial charge in [-0.05, 0) is 25.7 Å². The van der Waals surface area contributed by atoms with E-state index in [1.54, 1.807) is 0 Å². The number of rotatable bonds is 3. The van der Waals surface area contributed by atoms with E-state index in [0.717, 1.165) is 25.7 Å². The van der Waals surface area contributed by atoms with E-state index in [1.807, 2.05) is 0 Å². The first-order valence-electron chi connectivity index (χ1n) is 7.06. The Kier molecular flexibility index (Phi) is 4.63. The Morgan fingerprint density at radius 2 is 1.53 bits per heavy atom. The topological polar surface area (TPSA) is 98.7 Å². The van der Waals surface area contributed by atoms with Crippen molar-refractivity contribution in [2.45, 2.75) is 63.1 Å². The second-order valence-electron chi connectivity index (χ2n) is 5.56. The lowest BCUT2D eigenvalue weighted by Crippen LogP contribution is -2.52. The number of nitrogens with one attached hydrogen (secondary N) is 2. The van der Waals surface area contributed by atoms with Crippen LogP contribution in [0.25, 0.3) is 0 Å². The van der Waals surface area contributed by atoms with Crippen LogP contribution in [-0.2, 0) is 4.79 Å². The molecule has 0 radical (unpaired) electrons. The minimum atomic E-state index is -0.847. The largest absolute Gasteiger partial charge is 0.481 e. The number of aliphatic carboxylic acids is 1. The van der Waals surface area contributed by atoms with Crippen LogP contribution in [0.15, 0.2) is 0 Å². The lowest BCUT2D eigenvalue weighted by molar-refractivity contribution is -0.142. The van der Waals surface area contributed by atoms with Gasteiger partial charge in [-0.1, -0.05) is 19.3 Å². The van der Waals surface area contributed by atoms with Gasteiger partial charge in [-0.15, -0.1) is 0 Å². The van der Waals surface area contributed by atoms with E-state index in [9.17, 15) is 14.7 Å². The molecular formula is C13H22N2O4. The van der Waals surface area contributed by atoms with Crippen molar-refractivity contribution in [3.8, 4) is 0 Å². The van der Waals surface area contributed by atoms with Crippen LogP contribution in [0.1, 0.15) is 44.9 Å². The third-order valence-electron chi connectivity index (χ3n) is 4.20. The zero-order chi connectivity index (χ0) is 13.8. The summed E-state index contributed by atoms with van der Waals surface area (Å²) in [6.07, 6.45) is 5.15.